The molecule has 0 saturated carbocycles. The Bertz CT molecular complexity index is 757. The molecule has 0 atom stereocenters. The Labute approximate surface area is 123 Å². The minimum Gasteiger partial charge on any atom is -0.504 e. The Balaban J connectivity index is 2.41. The van der Waals surface area contributed by atoms with E-state index in [0.717, 1.165) is 11.1 Å². The molecule has 4 nitrogen and oxygen atoms in total. The number of hydrogen-bond acceptors (Lipinski definition) is 3. The van der Waals surface area contributed by atoms with Crippen molar-refractivity contribution in [2.24, 2.45) is 0 Å². The Morgan fingerprint density at radius 2 is 1.80 bits per heavy atom. The summed E-state index contributed by atoms with van der Waals surface area (Å²) < 4.78 is 26.9. The Hall–Kier alpha value is -1.72. The molecule has 0 amide bonds. The molecular formula is C14H14ClNO3S. The number of aromatic hydroxyl groups is 1. The topological polar surface area (TPSA) is 66.4 Å². The van der Waals surface area contributed by atoms with Crippen LogP contribution in [0, 0.1) is 13.8 Å². The van der Waals surface area contributed by atoms with Crippen LogP contribution >= 0.6 is 11.6 Å². The SMILES string of the molecule is Cc1ccc(S(=O)(=O)Nc2cccc(Cl)c2O)cc1C. The Morgan fingerprint density at radius 1 is 1.10 bits per heavy atom. The summed E-state index contributed by atoms with van der Waals surface area (Å²) >= 11 is 5.75. The van der Waals surface area contributed by atoms with E-state index in [1.807, 2.05) is 13.8 Å². The summed E-state index contributed by atoms with van der Waals surface area (Å²) in [6.07, 6.45) is 0. The zero-order chi connectivity index (χ0) is 14.9. The highest BCUT2D eigenvalue weighted by Crippen LogP contribution is 2.32. The lowest BCUT2D eigenvalue weighted by molar-refractivity contribution is 0.478. The van der Waals surface area contributed by atoms with Crippen molar-refractivity contribution >= 4 is 27.3 Å². The highest BCUT2D eigenvalue weighted by Gasteiger charge is 2.17. The van der Waals surface area contributed by atoms with E-state index in [1.54, 1.807) is 18.2 Å². The molecule has 2 rings (SSSR count). The quantitative estimate of drug-likeness (QED) is 0.853. The van der Waals surface area contributed by atoms with E-state index in [2.05, 4.69) is 4.72 Å². The second-order valence-corrected chi connectivity index (χ2v) is 6.58. The standard InChI is InChI=1S/C14H14ClNO3S/c1-9-6-7-11(8-10(9)2)20(18,19)16-13-5-3-4-12(15)14(13)17/h3-8,16-17H,1-2H3. The predicted molar refractivity (Wildman–Crippen MR) is 79.8 cm³/mol. The maximum atomic E-state index is 12.3. The maximum absolute atomic E-state index is 12.3. The highest BCUT2D eigenvalue weighted by molar-refractivity contribution is 7.92. The lowest BCUT2D eigenvalue weighted by Crippen LogP contribution is -2.13. The van der Waals surface area contributed by atoms with Crippen LogP contribution in [0.2, 0.25) is 5.02 Å². The molecule has 0 unspecified atom stereocenters. The number of hydrogen-bond donors (Lipinski definition) is 2. The predicted octanol–water partition coefficient (Wildman–Crippen LogP) is 3.46. The van der Waals surface area contributed by atoms with Crippen molar-refractivity contribution in [3.63, 3.8) is 0 Å². The number of phenolic OH excluding ortho intramolecular Hbond substituents is 1. The van der Waals surface area contributed by atoms with Crippen LogP contribution in [-0.2, 0) is 10.0 Å². The van der Waals surface area contributed by atoms with E-state index in [-0.39, 0.29) is 21.4 Å². The summed E-state index contributed by atoms with van der Waals surface area (Å²) in [5, 5.41) is 9.84. The number of anilines is 1. The van der Waals surface area contributed by atoms with Gasteiger partial charge in [-0.3, -0.25) is 4.72 Å². The van der Waals surface area contributed by atoms with E-state index >= 15 is 0 Å². The lowest BCUT2D eigenvalue weighted by atomic mass is 10.1. The van der Waals surface area contributed by atoms with Crippen LogP contribution in [0.25, 0.3) is 0 Å². The molecular weight excluding hydrogens is 298 g/mol. The Kier molecular flexibility index (Phi) is 3.92. The minimum atomic E-state index is -3.76. The lowest BCUT2D eigenvalue weighted by Gasteiger charge is -2.11. The highest BCUT2D eigenvalue weighted by atomic mass is 35.5. The van der Waals surface area contributed by atoms with Gasteiger partial charge in [0.2, 0.25) is 0 Å². The zero-order valence-electron chi connectivity index (χ0n) is 11.0. The van der Waals surface area contributed by atoms with Crippen LogP contribution in [-0.4, -0.2) is 13.5 Å². The number of para-hydroxylation sites is 1. The maximum Gasteiger partial charge on any atom is 0.262 e. The van der Waals surface area contributed by atoms with Gasteiger partial charge in [-0.25, -0.2) is 8.42 Å². The van der Waals surface area contributed by atoms with Crippen LogP contribution in [0.3, 0.4) is 0 Å². The van der Waals surface area contributed by atoms with Crippen molar-refractivity contribution in [2.75, 3.05) is 4.72 Å². The van der Waals surface area contributed by atoms with Gasteiger partial charge in [-0.1, -0.05) is 23.7 Å². The molecule has 2 aromatic rings. The molecule has 20 heavy (non-hydrogen) atoms. The molecule has 0 saturated heterocycles. The molecule has 0 aromatic heterocycles. The normalized spacial score (nSPS) is 11.3. The fraction of sp³-hybridized carbons (Fsp3) is 0.143. The van der Waals surface area contributed by atoms with Gasteiger partial charge in [0.1, 0.15) is 0 Å². The van der Waals surface area contributed by atoms with Crippen LogP contribution in [0.15, 0.2) is 41.3 Å². The molecule has 0 aliphatic carbocycles. The number of nitrogens with one attached hydrogen (secondary N) is 1. The number of halogens is 1. The molecule has 0 radical (unpaired) electrons. The van der Waals surface area contributed by atoms with E-state index in [4.69, 9.17) is 11.6 Å². The summed E-state index contributed by atoms with van der Waals surface area (Å²) in [6.45, 7) is 3.74. The molecule has 2 aromatic carbocycles. The molecule has 0 spiro atoms. The zero-order valence-corrected chi connectivity index (χ0v) is 12.6. The van der Waals surface area contributed by atoms with E-state index in [0.29, 0.717) is 0 Å². The first-order valence-electron chi connectivity index (χ1n) is 5.89. The first kappa shape index (κ1) is 14.7. The average Bonchev–Trinajstić information content (AvgIpc) is 2.38. The molecule has 0 bridgehead atoms. The van der Waals surface area contributed by atoms with Crippen molar-refractivity contribution in [3.8, 4) is 5.75 Å². The van der Waals surface area contributed by atoms with E-state index in [9.17, 15) is 13.5 Å². The van der Waals surface area contributed by atoms with Crippen LogP contribution in [0.1, 0.15) is 11.1 Å². The summed E-state index contributed by atoms with van der Waals surface area (Å²) in [7, 11) is -3.76. The number of aryl methyl sites for hydroxylation is 2. The largest absolute Gasteiger partial charge is 0.504 e. The van der Waals surface area contributed by atoms with Gasteiger partial charge in [0.25, 0.3) is 10.0 Å². The first-order chi connectivity index (χ1) is 9.31. The van der Waals surface area contributed by atoms with Crippen molar-refractivity contribution in [1.29, 1.82) is 0 Å². The van der Waals surface area contributed by atoms with E-state index in [1.165, 1.54) is 18.2 Å². The van der Waals surface area contributed by atoms with Gasteiger partial charge in [-0.15, -0.1) is 0 Å². The van der Waals surface area contributed by atoms with Gasteiger partial charge in [0.15, 0.2) is 5.75 Å². The summed E-state index contributed by atoms with van der Waals surface area (Å²) in [6, 6.07) is 9.32. The second kappa shape index (κ2) is 5.34. The Morgan fingerprint density at radius 3 is 2.45 bits per heavy atom. The minimum absolute atomic E-state index is 0.0516. The number of sulfonamides is 1. The van der Waals surface area contributed by atoms with Crippen molar-refractivity contribution in [1.82, 2.24) is 0 Å². The van der Waals surface area contributed by atoms with Crippen molar-refractivity contribution < 1.29 is 13.5 Å². The van der Waals surface area contributed by atoms with Crippen LogP contribution in [0.5, 0.6) is 5.75 Å². The average molecular weight is 312 g/mol. The third kappa shape index (κ3) is 2.89. The molecule has 0 fully saturated rings. The van der Waals surface area contributed by atoms with Gasteiger partial charge in [-0.05, 0) is 49.2 Å². The van der Waals surface area contributed by atoms with Gasteiger partial charge in [0.05, 0.1) is 15.6 Å². The fourth-order valence-corrected chi connectivity index (χ4v) is 3.01. The third-order valence-electron chi connectivity index (χ3n) is 3.02. The molecule has 0 aliphatic heterocycles. The summed E-state index contributed by atoms with van der Waals surface area (Å²) in [5.41, 5.74) is 1.94. The first-order valence-corrected chi connectivity index (χ1v) is 7.75. The number of rotatable bonds is 3. The second-order valence-electron chi connectivity index (χ2n) is 4.49. The number of phenols is 1. The summed E-state index contributed by atoms with van der Waals surface area (Å²) in [5.74, 6) is -0.290. The molecule has 6 heteroatoms. The van der Waals surface area contributed by atoms with Gasteiger partial charge in [-0.2, -0.15) is 0 Å². The fourth-order valence-electron chi connectivity index (χ4n) is 1.68. The van der Waals surface area contributed by atoms with Gasteiger partial charge >= 0.3 is 0 Å². The smallest absolute Gasteiger partial charge is 0.262 e. The molecule has 106 valence electrons. The monoisotopic (exact) mass is 311 g/mol. The number of benzene rings is 2. The third-order valence-corrected chi connectivity index (χ3v) is 4.69. The van der Waals surface area contributed by atoms with Gasteiger partial charge < -0.3 is 5.11 Å². The summed E-state index contributed by atoms with van der Waals surface area (Å²) in [4.78, 5) is 0.139. The van der Waals surface area contributed by atoms with Gasteiger partial charge in [0, 0.05) is 0 Å². The van der Waals surface area contributed by atoms with Crippen molar-refractivity contribution in [3.05, 3.63) is 52.5 Å². The molecule has 0 aliphatic rings. The van der Waals surface area contributed by atoms with E-state index < -0.39 is 10.0 Å². The molecule has 2 N–H and O–H groups in total. The van der Waals surface area contributed by atoms with Crippen LogP contribution in [0.4, 0.5) is 5.69 Å². The molecule has 0 heterocycles. The van der Waals surface area contributed by atoms with Crippen LogP contribution < -0.4 is 4.72 Å². The van der Waals surface area contributed by atoms with Crippen molar-refractivity contribution in [2.45, 2.75) is 18.7 Å².